The summed E-state index contributed by atoms with van der Waals surface area (Å²) in [7, 11) is 1.36. The molecule has 2 atom stereocenters. The molecule has 2 aliphatic rings. The van der Waals surface area contributed by atoms with E-state index in [1.165, 1.54) is 12.0 Å². The van der Waals surface area contributed by atoms with Crippen LogP contribution in [-0.2, 0) is 14.3 Å². The van der Waals surface area contributed by atoms with Gasteiger partial charge in [-0.2, -0.15) is 0 Å². The molecule has 0 aromatic rings. The first-order valence-electron chi connectivity index (χ1n) is 5.91. The summed E-state index contributed by atoms with van der Waals surface area (Å²) in [6.45, 7) is 0.152. The maximum atomic E-state index is 11.9. The molecule has 106 valence electrons. The van der Waals surface area contributed by atoms with E-state index in [4.69, 9.17) is 0 Å². The summed E-state index contributed by atoms with van der Waals surface area (Å²) in [6, 6.07) is -1.51. The number of rotatable bonds is 3. The Morgan fingerprint density at radius 3 is 2.84 bits per heavy atom. The third-order valence-electron chi connectivity index (χ3n) is 3.25. The van der Waals surface area contributed by atoms with Gasteiger partial charge in [0.2, 0.25) is 0 Å². The van der Waals surface area contributed by atoms with Crippen molar-refractivity contribution in [3.8, 4) is 0 Å². The van der Waals surface area contributed by atoms with Gasteiger partial charge in [-0.1, -0.05) is 0 Å². The fourth-order valence-electron chi connectivity index (χ4n) is 2.30. The normalized spacial score (nSPS) is 25.5. The molecule has 0 saturated carbocycles. The number of amides is 4. The molecule has 9 heteroatoms. The number of hydroxylamine groups is 2. The lowest BCUT2D eigenvalue weighted by Crippen LogP contribution is -2.54. The first-order valence-corrected chi connectivity index (χ1v) is 5.91. The van der Waals surface area contributed by atoms with Gasteiger partial charge >= 0.3 is 6.03 Å². The Balaban J connectivity index is 1.90. The lowest BCUT2D eigenvalue weighted by molar-refractivity contribution is -0.133. The number of fused-ring (bicyclic) bond motifs is 2. The maximum absolute atomic E-state index is 11.9. The van der Waals surface area contributed by atoms with Crippen molar-refractivity contribution in [1.82, 2.24) is 20.8 Å². The Labute approximate surface area is 109 Å². The predicted molar refractivity (Wildman–Crippen MR) is 60.7 cm³/mol. The van der Waals surface area contributed by atoms with Crippen molar-refractivity contribution in [2.24, 2.45) is 0 Å². The first-order chi connectivity index (χ1) is 9.04. The van der Waals surface area contributed by atoms with Gasteiger partial charge in [0.05, 0.1) is 6.04 Å². The van der Waals surface area contributed by atoms with Crippen molar-refractivity contribution >= 4 is 17.8 Å². The van der Waals surface area contributed by atoms with E-state index in [-0.39, 0.29) is 12.6 Å². The molecule has 0 aliphatic carbocycles. The van der Waals surface area contributed by atoms with E-state index in [9.17, 15) is 19.6 Å². The van der Waals surface area contributed by atoms with Gasteiger partial charge in [-0.25, -0.2) is 9.86 Å². The minimum absolute atomic E-state index is 0.167. The Hall–Kier alpha value is -1.87. The molecule has 4 amide bonds. The van der Waals surface area contributed by atoms with Gasteiger partial charge in [0.1, 0.15) is 12.6 Å². The molecule has 0 aromatic heterocycles. The van der Waals surface area contributed by atoms with Gasteiger partial charge < -0.3 is 9.64 Å². The topological polar surface area (TPSA) is 111 Å². The second-order valence-corrected chi connectivity index (χ2v) is 4.50. The van der Waals surface area contributed by atoms with Crippen LogP contribution in [-0.4, -0.2) is 65.4 Å². The average Bonchev–Trinajstić information content (AvgIpc) is 2.62. The van der Waals surface area contributed by atoms with Gasteiger partial charge in [-0.05, 0) is 12.8 Å². The summed E-state index contributed by atoms with van der Waals surface area (Å²) >= 11 is 0. The molecule has 0 unspecified atom stereocenters. The van der Waals surface area contributed by atoms with Crippen molar-refractivity contribution in [2.45, 2.75) is 24.9 Å². The van der Waals surface area contributed by atoms with E-state index in [2.05, 4.69) is 15.6 Å². The second-order valence-electron chi connectivity index (χ2n) is 4.50. The Kier molecular flexibility index (Phi) is 3.86. The SMILES string of the molecule is COCC(=O)NNC(=O)[C@@H]1CC[C@@H]2CN1C(=O)N2O. The summed E-state index contributed by atoms with van der Waals surface area (Å²) in [5, 5.41) is 10.1. The highest BCUT2D eigenvalue weighted by molar-refractivity contribution is 5.90. The van der Waals surface area contributed by atoms with Crippen LogP contribution in [0.25, 0.3) is 0 Å². The highest BCUT2D eigenvalue weighted by Crippen LogP contribution is 2.28. The molecule has 3 N–H and O–H groups in total. The van der Waals surface area contributed by atoms with Crippen LogP contribution in [0.1, 0.15) is 12.8 Å². The minimum Gasteiger partial charge on any atom is -0.375 e. The molecule has 2 aliphatic heterocycles. The number of ether oxygens (including phenoxy) is 1. The fraction of sp³-hybridized carbons (Fsp3) is 0.700. The molecule has 0 radical (unpaired) electrons. The molecule has 2 fully saturated rings. The Morgan fingerprint density at radius 1 is 1.42 bits per heavy atom. The van der Waals surface area contributed by atoms with Crippen LogP contribution in [0.5, 0.6) is 0 Å². The van der Waals surface area contributed by atoms with Crippen LogP contribution >= 0.6 is 0 Å². The van der Waals surface area contributed by atoms with Gasteiger partial charge in [-0.15, -0.1) is 0 Å². The van der Waals surface area contributed by atoms with E-state index in [0.717, 1.165) is 0 Å². The molecule has 19 heavy (non-hydrogen) atoms. The summed E-state index contributed by atoms with van der Waals surface area (Å²) < 4.78 is 4.59. The van der Waals surface area contributed by atoms with Gasteiger partial charge in [0, 0.05) is 13.7 Å². The zero-order valence-electron chi connectivity index (χ0n) is 10.5. The van der Waals surface area contributed by atoms with Gasteiger partial charge in [-0.3, -0.25) is 25.6 Å². The van der Waals surface area contributed by atoms with Crippen molar-refractivity contribution in [2.75, 3.05) is 20.3 Å². The van der Waals surface area contributed by atoms with E-state index >= 15 is 0 Å². The van der Waals surface area contributed by atoms with E-state index in [0.29, 0.717) is 24.4 Å². The Bertz CT molecular complexity index is 401. The molecular formula is C10H16N4O5. The molecular weight excluding hydrogens is 256 g/mol. The molecule has 0 aromatic carbocycles. The molecule has 2 rings (SSSR count). The number of hydrogen-bond acceptors (Lipinski definition) is 5. The van der Waals surface area contributed by atoms with Crippen LogP contribution in [0.3, 0.4) is 0 Å². The molecule has 0 spiro atoms. The van der Waals surface area contributed by atoms with E-state index < -0.39 is 23.9 Å². The van der Waals surface area contributed by atoms with Crippen molar-refractivity contribution in [3.63, 3.8) is 0 Å². The smallest absolute Gasteiger partial charge is 0.344 e. The number of piperidine rings is 1. The zero-order chi connectivity index (χ0) is 14.0. The molecule has 9 nitrogen and oxygen atoms in total. The average molecular weight is 272 g/mol. The van der Waals surface area contributed by atoms with Crippen molar-refractivity contribution < 1.29 is 24.3 Å². The number of nitrogens with zero attached hydrogens (tertiary/aromatic N) is 2. The molecule has 2 saturated heterocycles. The second kappa shape index (κ2) is 5.41. The van der Waals surface area contributed by atoms with Crippen molar-refractivity contribution in [1.29, 1.82) is 0 Å². The summed E-state index contributed by atoms with van der Waals surface area (Å²) in [6.07, 6.45) is 0.988. The third-order valence-corrected chi connectivity index (χ3v) is 3.25. The fourth-order valence-corrected chi connectivity index (χ4v) is 2.30. The summed E-state index contributed by atoms with van der Waals surface area (Å²) in [4.78, 5) is 36.0. The standard InChI is InChI=1S/C10H16N4O5/c1-19-5-8(15)11-12-9(16)7-3-2-6-4-13(7)10(17)14(6)18/h6-7,18H,2-5H2,1H3,(H,11,15)(H,12,16)/t6-,7+/m1/s1. The van der Waals surface area contributed by atoms with E-state index in [1.54, 1.807) is 0 Å². The number of carbonyl (C=O) groups excluding carboxylic acids is 3. The monoisotopic (exact) mass is 272 g/mol. The summed E-state index contributed by atoms with van der Waals surface area (Å²) in [5.74, 6) is -0.965. The van der Waals surface area contributed by atoms with Crippen LogP contribution < -0.4 is 10.9 Å². The largest absolute Gasteiger partial charge is 0.375 e. The minimum atomic E-state index is -0.677. The number of nitrogens with one attached hydrogen (secondary N) is 2. The highest BCUT2D eigenvalue weighted by Gasteiger charge is 2.46. The van der Waals surface area contributed by atoms with Gasteiger partial charge in [0.15, 0.2) is 0 Å². The van der Waals surface area contributed by atoms with Crippen LogP contribution in [0.4, 0.5) is 4.79 Å². The third kappa shape index (κ3) is 2.61. The quantitative estimate of drug-likeness (QED) is 0.425. The van der Waals surface area contributed by atoms with Crippen molar-refractivity contribution in [3.05, 3.63) is 0 Å². The van der Waals surface area contributed by atoms with Crippen LogP contribution in [0.15, 0.2) is 0 Å². The molecule has 2 heterocycles. The number of urea groups is 1. The maximum Gasteiger partial charge on any atom is 0.344 e. The predicted octanol–water partition coefficient (Wildman–Crippen LogP) is -1.56. The lowest BCUT2D eigenvalue weighted by atomic mass is 10.0. The lowest BCUT2D eigenvalue weighted by Gasteiger charge is -2.29. The zero-order valence-corrected chi connectivity index (χ0v) is 10.5. The number of methoxy groups -OCH3 is 1. The highest BCUT2D eigenvalue weighted by atomic mass is 16.5. The number of hydrazine groups is 1. The van der Waals surface area contributed by atoms with Crippen LogP contribution in [0, 0.1) is 0 Å². The molecule has 2 bridgehead atoms. The number of carbonyl (C=O) groups is 3. The number of hydrogen-bond donors (Lipinski definition) is 3. The van der Waals surface area contributed by atoms with Gasteiger partial charge in [0.25, 0.3) is 11.8 Å². The first kappa shape index (κ1) is 13.6. The van der Waals surface area contributed by atoms with E-state index in [1.807, 2.05) is 0 Å². The van der Waals surface area contributed by atoms with Crippen LogP contribution in [0.2, 0.25) is 0 Å². The summed E-state index contributed by atoms with van der Waals surface area (Å²) in [5.41, 5.74) is 4.43. The Morgan fingerprint density at radius 2 is 2.16 bits per heavy atom.